The van der Waals surface area contributed by atoms with Gasteiger partial charge in [-0.3, -0.25) is 14.5 Å². The molecule has 1 amide bonds. The van der Waals surface area contributed by atoms with Crippen LogP contribution in [0.4, 0.5) is 13.2 Å². The van der Waals surface area contributed by atoms with E-state index in [1.165, 1.54) is 60.2 Å². The maximum atomic E-state index is 13.1. The van der Waals surface area contributed by atoms with Crippen LogP contribution in [0.1, 0.15) is 28.8 Å². The molecule has 212 valence electrons. The van der Waals surface area contributed by atoms with Crippen molar-refractivity contribution in [2.24, 2.45) is 0 Å². The summed E-state index contributed by atoms with van der Waals surface area (Å²) in [6.07, 6.45) is -0.926. The number of oxazole rings is 1. The first kappa shape index (κ1) is 26.8. The molecule has 0 unspecified atom stereocenters. The number of aromatic nitrogens is 3. The van der Waals surface area contributed by atoms with E-state index in [1.807, 2.05) is 11.0 Å². The molecule has 1 saturated heterocycles. The van der Waals surface area contributed by atoms with Crippen LogP contribution in [0.2, 0.25) is 0 Å². The van der Waals surface area contributed by atoms with Crippen molar-refractivity contribution in [3.63, 3.8) is 0 Å². The van der Waals surface area contributed by atoms with Gasteiger partial charge in [0, 0.05) is 49.4 Å². The largest absolute Gasteiger partial charge is 0.573 e. The lowest BCUT2D eigenvalue weighted by Crippen LogP contribution is -2.49. The predicted molar refractivity (Wildman–Crippen MR) is 142 cm³/mol. The molecule has 2 aromatic carbocycles. The third-order valence-electron chi connectivity index (χ3n) is 7.14. The van der Waals surface area contributed by atoms with E-state index < -0.39 is 6.36 Å². The molecule has 0 radical (unpaired) electrons. The van der Waals surface area contributed by atoms with Crippen molar-refractivity contribution in [3.8, 4) is 28.6 Å². The number of carbonyl (C=O) groups is 1. The van der Waals surface area contributed by atoms with Gasteiger partial charge in [-0.15, -0.1) is 13.2 Å². The molecule has 6 rings (SSSR count). The Kier molecular flexibility index (Phi) is 7.08. The highest BCUT2D eigenvalue weighted by molar-refractivity contribution is 5.94. The monoisotopic (exact) mass is 565 g/mol. The Bertz CT molecular complexity index is 1600. The zero-order chi connectivity index (χ0) is 28.6. The van der Waals surface area contributed by atoms with Gasteiger partial charge in [0.05, 0.1) is 6.54 Å². The highest BCUT2D eigenvalue weighted by Gasteiger charge is 2.33. The lowest BCUT2D eigenvalue weighted by Gasteiger charge is -2.34. The Morgan fingerprint density at radius 2 is 1.73 bits per heavy atom. The summed E-state index contributed by atoms with van der Waals surface area (Å²) in [5.41, 5.74) is 2.16. The Balaban J connectivity index is 1.15. The highest BCUT2D eigenvalue weighted by atomic mass is 19.4. The number of rotatable bonds is 7. The standard InChI is InChI=1S/C29H26F3N5O4/c30-29(31,32)41-23-8-4-20(5-9-23)25-18-40-27(33-25)24-10-11-26(38)37(34-24)17-19-2-1-3-21(16-19)28(39)36-14-12-35(13-15-36)22-6-7-22/h1-5,8-11,16,18,22H,6-7,12-15,17H2. The van der Waals surface area contributed by atoms with Crippen molar-refractivity contribution in [2.75, 3.05) is 26.2 Å². The number of hydrogen-bond donors (Lipinski definition) is 0. The summed E-state index contributed by atoms with van der Waals surface area (Å²) in [7, 11) is 0. The van der Waals surface area contributed by atoms with Gasteiger partial charge in [0.25, 0.3) is 11.5 Å². The van der Waals surface area contributed by atoms with Gasteiger partial charge in [-0.1, -0.05) is 12.1 Å². The summed E-state index contributed by atoms with van der Waals surface area (Å²) in [4.78, 5) is 34.5. The molecule has 0 bridgehead atoms. The minimum atomic E-state index is -4.78. The predicted octanol–water partition coefficient (Wildman–Crippen LogP) is 4.43. The Labute approximate surface area is 232 Å². The number of nitrogens with zero attached hydrogens (tertiary/aromatic N) is 5. The molecule has 0 atom stereocenters. The van der Waals surface area contributed by atoms with Crippen LogP contribution < -0.4 is 10.3 Å². The topological polar surface area (TPSA) is 93.7 Å². The fraction of sp³-hybridized carbons (Fsp3) is 0.310. The molecule has 12 heteroatoms. The van der Waals surface area contributed by atoms with Crippen LogP contribution in [0.15, 0.2) is 76.1 Å². The lowest BCUT2D eigenvalue weighted by atomic mass is 10.1. The first-order valence-electron chi connectivity index (χ1n) is 13.2. The van der Waals surface area contributed by atoms with Gasteiger partial charge in [-0.25, -0.2) is 9.67 Å². The molecular weight excluding hydrogens is 539 g/mol. The lowest BCUT2D eigenvalue weighted by molar-refractivity contribution is -0.274. The van der Waals surface area contributed by atoms with Crippen molar-refractivity contribution in [2.45, 2.75) is 31.8 Å². The molecule has 1 saturated carbocycles. The number of halogens is 3. The van der Waals surface area contributed by atoms with Crippen LogP contribution in [0.5, 0.6) is 5.75 Å². The summed E-state index contributed by atoms with van der Waals surface area (Å²) in [5, 5.41) is 4.40. The average Bonchev–Trinajstić information content (AvgIpc) is 3.70. The maximum Gasteiger partial charge on any atom is 0.573 e. The van der Waals surface area contributed by atoms with Crippen LogP contribution in [-0.2, 0) is 6.54 Å². The third-order valence-corrected chi connectivity index (χ3v) is 7.14. The summed E-state index contributed by atoms with van der Waals surface area (Å²) in [6, 6.07) is 15.9. The van der Waals surface area contributed by atoms with Gasteiger partial charge in [-0.2, -0.15) is 5.10 Å². The first-order valence-corrected chi connectivity index (χ1v) is 13.2. The molecule has 1 aliphatic heterocycles. The second-order valence-corrected chi connectivity index (χ2v) is 10.1. The summed E-state index contributed by atoms with van der Waals surface area (Å²) in [5.74, 6) is -0.235. The van der Waals surface area contributed by atoms with Crippen molar-refractivity contribution >= 4 is 5.91 Å². The summed E-state index contributed by atoms with van der Waals surface area (Å²) >= 11 is 0. The third kappa shape index (κ3) is 6.32. The zero-order valence-electron chi connectivity index (χ0n) is 21.9. The van der Waals surface area contributed by atoms with E-state index in [1.54, 1.807) is 18.2 Å². The van der Waals surface area contributed by atoms with E-state index >= 15 is 0 Å². The van der Waals surface area contributed by atoms with Gasteiger partial charge in [0.1, 0.15) is 23.4 Å². The zero-order valence-corrected chi connectivity index (χ0v) is 21.9. The minimum Gasteiger partial charge on any atom is -0.443 e. The molecule has 3 heterocycles. The fourth-order valence-electron chi connectivity index (χ4n) is 4.92. The molecule has 4 aromatic rings. The number of ether oxygens (including phenoxy) is 1. The van der Waals surface area contributed by atoms with Crippen LogP contribution >= 0.6 is 0 Å². The molecular formula is C29H26F3N5O4. The number of hydrogen-bond acceptors (Lipinski definition) is 7. The van der Waals surface area contributed by atoms with E-state index in [0.29, 0.717) is 41.6 Å². The van der Waals surface area contributed by atoms with E-state index in [-0.39, 0.29) is 29.7 Å². The van der Waals surface area contributed by atoms with E-state index in [0.717, 1.165) is 18.7 Å². The number of carbonyl (C=O) groups excluding carboxylic acids is 1. The minimum absolute atomic E-state index is 0.0262. The first-order chi connectivity index (χ1) is 19.7. The van der Waals surface area contributed by atoms with Crippen LogP contribution in [0, 0.1) is 0 Å². The second-order valence-electron chi connectivity index (χ2n) is 10.1. The molecule has 0 spiro atoms. The molecule has 0 N–H and O–H groups in total. The van der Waals surface area contributed by atoms with Crippen LogP contribution in [0.3, 0.4) is 0 Å². The van der Waals surface area contributed by atoms with Gasteiger partial charge < -0.3 is 14.1 Å². The number of piperazine rings is 1. The Morgan fingerprint density at radius 1 is 0.976 bits per heavy atom. The summed E-state index contributed by atoms with van der Waals surface area (Å²) in [6.45, 7) is 3.32. The number of amides is 1. The molecule has 41 heavy (non-hydrogen) atoms. The number of alkyl halides is 3. The van der Waals surface area contributed by atoms with E-state index in [9.17, 15) is 22.8 Å². The molecule has 9 nitrogen and oxygen atoms in total. The molecule has 2 fully saturated rings. The van der Waals surface area contributed by atoms with Gasteiger partial charge in [0.2, 0.25) is 5.89 Å². The summed E-state index contributed by atoms with van der Waals surface area (Å²) < 4.78 is 48.0. The van der Waals surface area contributed by atoms with E-state index in [2.05, 4.69) is 19.7 Å². The highest BCUT2D eigenvalue weighted by Crippen LogP contribution is 2.29. The van der Waals surface area contributed by atoms with Crippen molar-refractivity contribution in [3.05, 3.63) is 88.4 Å². The van der Waals surface area contributed by atoms with Gasteiger partial charge >= 0.3 is 6.36 Å². The van der Waals surface area contributed by atoms with Crippen molar-refractivity contribution in [1.29, 1.82) is 0 Å². The quantitative estimate of drug-likeness (QED) is 0.327. The number of benzene rings is 2. The Hall–Kier alpha value is -4.45. The van der Waals surface area contributed by atoms with Crippen molar-refractivity contribution in [1.82, 2.24) is 24.6 Å². The Morgan fingerprint density at radius 3 is 2.44 bits per heavy atom. The van der Waals surface area contributed by atoms with Gasteiger partial charge in [0.15, 0.2) is 0 Å². The SMILES string of the molecule is O=C(c1cccc(Cn2nc(-c3nc(-c4ccc(OC(F)(F)F)cc4)co3)ccc2=O)c1)N1CCN(C2CC2)CC1. The molecule has 2 aliphatic rings. The second kappa shape index (κ2) is 10.8. The maximum absolute atomic E-state index is 13.1. The fourth-order valence-corrected chi connectivity index (χ4v) is 4.92. The van der Waals surface area contributed by atoms with Crippen molar-refractivity contribution < 1.29 is 27.1 Å². The van der Waals surface area contributed by atoms with Crippen LogP contribution in [0.25, 0.3) is 22.8 Å². The van der Waals surface area contributed by atoms with E-state index in [4.69, 9.17) is 4.42 Å². The molecule has 2 aromatic heterocycles. The molecule has 1 aliphatic carbocycles. The average molecular weight is 566 g/mol. The normalized spacial score (nSPS) is 16.1. The smallest absolute Gasteiger partial charge is 0.443 e. The van der Waals surface area contributed by atoms with Crippen LogP contribution in [-0.4, -0.2) is 69.1 Å². The van der Waals surface area contributed by atoms with Gasteiger partial charge in [-0.05, 0) is 60.9 Å².